The molecule has 1 atom stereocenters. The molecule has 0 N–H and O–H groups in total. The number of carbonyl (C=O) groups is 1. The van der Waals surface area contributed by atoms with Crippen molar-refractivity contribution in [3.05, 3.63) is 47.8 Å². The van der Waals surface area contributed by atoms with Gasteiger partial charge in [-0.05, 0) is 50.8 Å². The lowest BCUT2D eigenvalue weighted by atomic mass is 10.0. The van der Waals surface area contributed by atoms with Crippen LogP contribution < -0.4 is 4.74 Å². The van der Waals surface area contributed by atoms with E-state index in [4.69, 9.17) is 4.74 Å². The lowest BCUT2D eigenvalue weighted by Crippen LogP contribution is -2.42. The predicted molar refractivity (Wildman–Crippen MR) is 88.4 cm³/mol. The third-order valence-electron chi connectivity index (χ3n) is 4.37. The Morgan fingerprint density at radius 1 is 1.30 bits per heavy atom. The summed E-state index contributed by atoms with van der Waals surface area (Å²) in [5, 5.41) is 4.37. The smallest absolute Gasteiger partial charge is 0.274 e. The summed E-state index contributed by atoms with van der Waals surface area (Å²) in [6.45, 7) is 5.24. The van der Waals surface area contributed by atoms with E-state index in [2.05, 4.69) is 12.0 Å². The number of ether oxygens (including phenoxy) is 1. The van der Waals surface area contributed by atoms with Gasteiger partial charge in [-0.3, -0.25) is 4.79 Å². The Balaban J connectivity index is 1.63. The Morgan fingerprint density at radius 2 is 2.13 bits per heavy atom. The highest BCUT2D eigenvalue weighted by Crippen LogP contribution is 2.19. The van der Waals surface area contributed by atoms with E-state index in [1.54, 1.807) is 16.9 Å². The number of rotatable bonds is 4. The van der Waals surface area contributed by atoms with Gasteiger partial charge in [0.1, 0.15) is 5.75 Å². The highest BCUT2D eigenvalue weighted by Gasteiger charge is 2.25. The van der Waals surface area contributed by atoms with Crippen LogP contribution in [0.1, 0.15) is 42.2 Å². The van der Waals surface area contributed by atoms with Crippen molar-refractivity contribution in [1.82, 2.24) is 14.7 Å². The fourth-order valence-corrected chi connectivity index (χ4v) is 2.95. The summed E-state index contributed by atoms with van der Waals surface area (Å²) in [6.07, 6.45) is 5.14. The summed E-state index contributed by atoms with van der Waals surface area (Å²) in [6, 6.07) is 9.92. The normalized spacial score (nSPS) is 18.0. The van der Waals surface area contributed by atoms with Crippen LogP contribution in [0.25, 0.3) is 0 Å². The molecule has 0 bridgehead atoms. The minimum atomic E-state index is 0.0202. The zero-order valence-corrected chi connectivity index (χ0v) is 13.7. The zero-order valence-electron chi connectivity index (χ0n) is 13.7. The largest absolute Gasteiger partial charge is 0.471 e. The number of piperidine rings is 1. The molecule has 1 aliphatic rings. The van der Waals surface area contributed by atoms with Crippen molar-refractivity contribution in [2.45, 2.75) is 45.9 Å². The van der Waals surface area contributed by atoms with Crippen LogP contribution in [-0.2, 0) is 6.73 Å². The molecule has 2 heterocycles. The molecule has 0 radical (unpaired) electrons. The highest BCUT2D eigenvalue weighted by molar-refractivity contribution is 5.92. The Bertz CT molecular complexity index is 680. The summed E-state index contributed by atoms with van der Waals surface area (Å²) >= 11 is 0. The van der Waals surface area contributed by atoms with Crippen LogP contribution in [0.3, 0.4) is 0 Å². The third-order valence-corrected chi connectivity index (χ3v) is 4.37. The monoisotopic (exact) mass is 313 g/mol. The molecule has 122 valence electrons. The molecule has 0 aliphatic carbocycles. The molecular weight excluding hydrogens is 290 g/mol. The first kappa shape index (κ1) is 15.6. The van der Waals surface area contributed by atoms with Crippen LogP contribution in [0.4, 0.5) is 0 Å². The average molecular weight is 313 g/mol. The number of aromatic nitrogens is 2. The Morgan fingerprint density at radius 3 is 2.91 bits per heavy atom. The summed E-state index contributed by atoms with van der Waals surface area (Å²) in [5.74, 6) is 0.854. The molecule has 1 amide bonds. The van der Waals surface area contributed by atoms with E-state index in [-0.39, 0.29) is 5.91 Å². The van der Waals surface area contributed by atoms with E-state index in [0.717, 1.165) is 30.7 Å². The first-order valence-electron chi connectivity index (χ1n) is 8.18. The van der Waals surface area contributed by atoms with E-state index in [9.17, 15) is 4.79 Å². The van der Waals surface area contributed by atoms with Crippen LogP contribution in [0.2, 0.25) is 0 Å². The minimum absolute atomic E-state index is 0.0202. The van der Waals surface area contributed by atoms with Gasteiger partial charge in [-0.1, -0.05) is 18.2 Å². The maximum Gasteiger partial charge on any atom is 0.274 e. The number of para-hydroxylation sites is 1. The van der Waals surface area contributed by atoms with Crippen LogP contribution in [0.5, 0.6) is 5.75 Å². The van der Waals surface area contributed by atoms with Crippen molar-refractivity contribution >= 4 is 5.91 Å². The topological polar surface area (TPSA) is 47.4 Å². The highest BCUT2D eigenvalue weighted by atomic mass is 16.5. The fourth-order valence-electron chi connectivity index (χ4n) is 2.95. The molecular formula is C18H23N3O2. The van der Waals surface area contributed by atoms with Crippen molar-refractivity contribution in [2.75, 3.05) is 6.54 Å². The first-order chi connectivity index (χ1) is 11.1. The van der Waals surface area contributed by atoms with Crippen LogP contribution >= 0.6 is 0 Å². The van der Waals surface area contributed by atoms with E-state index < -0.39 is 0 Å². The zero-order chi connectivity index (χ0) is 16.2. The summed E-state index contributed by atoms with van der Waals surface area (Å²) in [5.41, 5.74) is 1.57. The minimum Gasteiger partial charge on any atom is -0.471 e. The Hall–Kier alpha value is -2.30. The third kappa shape index (κ3) is 3.55. The van der Waals surface area contributed by atoms with Gasteiger partial charge >= 0.3 is 0 Å². The van der Waals surface area contributed by atoms with Gasteiger partial charge in [0, 0.05) is 18.8 Å². The Kier molecular flexibility index (Phi) is 4.65. The number of amides is 1. The molecule has 1 fully saturated rings. The first-order valence-corrected chi connectivity index (χ1v) is 8.18. The van der Waals surface area contributed by atoms with Gasteiger partial charge in [-0.25, -0.2) is 4.68 Å². The van der Waals surface area contributed by atoms with E-state index in [1.807, 2.05) is 36.1 Å². The molecule has 5 nitrogen and oxygen atoms in total. The quantitative estimate of drug-likeness (QED) is 0.870. The fraction of sp³-hybridized carbons (Fsp3) is 0.444. The molecule has 0 spiro atoms. The molecule has 1 aromatic carbocycles. The number of likely N-dealkylation sites (tertiary alicyclic amines) is 1. The SMILES string of the molecule is Cc1ccccc1OCn1ccc(C(=O)N2CCCCC2C)n1. The van der Waals surface area contributed by atoms with Crippen LogP contribution in [0.15, 0.2) is 36.5 Å². The molecule has 1 unspecified atom stereocenters. The number of aryl methyl sites for hydroxylation is 1. The number of hydrogen-bond acceptors (Lipinski definition) is 3. The van der Waals surface area contributed by atoms with Crippen molar-refractivity contribution in [1.29, 1.82) is 0 Å². The number of hydrogen-bond donors (Lipinski definition) is 0. The molecule has 23 heavy (non-hydrogen) atoms. The van der Waals surface area contributed by atoms with Gasteiger partial charge in [-0.15, -0.1) is 0 Å². The van der Waals surface area contributed by atoms with Gasteiger partial charge in [0.15, 0.2) is 12.4 Å². The number of carbonyl (C=O) groups excluding carboxylic acids is 1. The van der Waals surface area contributed by atoms with Crippen molar-refractivity contribution in [3.8, 4) is 5.75 Å². The van der Waals surface area contributed by atoms with Crippen molar-refractivity contribution in [3.63, 3.8) is 0 Å². The van der Waals surface area contributed by atoms with E-state index in [0.29, 0.717) is 18.5 Å². The maximum absolute atomic E-state index is 12.6. The summed E-state index contributed by atoms with van der Waals surface area (Å²) in [4.78, 5) is 14.5. The van der Waals surface area contributed by atoms with Crippen molar-refractivity contribution in [2.24, 2.45) is 0 Å². The van der Waals surface area contributed by atoms with Gasteiger partial charge in [0.2, 0.25) is 0 Å². The molecule has 1 aliphatic heterocycles. The molecule has 1 aromatic heterocycles. The molecule has 0 saturated carbocycles. The summed E-state index contributed by atoms with van der Waals surface area (Å²) in [7, 11) is 0. The molecule has 3 rings (SSSR count). The lowest BCUT2D eigenvalue weighted by molar-refractivity contribution is 0.0627. The standard InChI is InChI=1S/C18H23N3O2/c1-14-7-3-4-9-17(14)23-13-20-12-10-16(19-20)18(22)21-11-6-5-8-15(21)2/h3-4,7,9-10,12,15H,5-6,8,11,13H2,1-2H3. The van der Waals surface area contributed by atoms with Gasteiger partial charge < -0.3 is 9.64 Å². The maximum atomic E-state index is 12.6. The van der Waals surface area contributed by atoms with Crippen molar-refractivity contribution < 1.29 is 9.53 Å². The number of benzene rings is 1. The lowest BCUT2D eigenvalue weighted by Gasteiger charge is -2.32. The average Bonchev–Trinajstić information content (AvgIpc) is 3.03. The molecule has 2 aromatic rings. The number of nitrogens with zero attached hydrogens (tertiary/aromatic N) is 3. The second kappa shape index (κ2) is 6.86. The van der Waals surface area contributed by atoms with Gasteiger partial charge in [-0.2, -0.15) is 5.10 Å². The second-order valence-corrected chi connectivity index (χ2v) is 6.12. The molecule has 5 heteroatoms. The van der Waals surface area contributed by atoms with Crippen LogP contribution in [0, 0.1) is 6.92 Å². The van der Waals surface area contributed by atoms with E-state index in [1.165, 1.54) is 6.42 Å². The predicted octanol–water partition coefficient (Wildman–Crippen LogP) is 3.24. The van der Waals surface area contributed by atoms with E-state index >= 15 is 0 Å². The summed E-state index contributed by atoms with van der Waals surface area (Å²) < 4.78 is 7.42. The van der Waals surface area contributed by atoms with Crippen LogP contribution in [-0.4, -0.2) is 33.2 Å². The van der Waals surface area contributed by atoms with Gasteiger partial charge in [0.25, 0.3) is 5.91 Å². The molecule has 1 saturated heterocycles. The Labute approximate surface area is 136 Å². The van der Waals surface area contributed by atoms with Gasteiger partial charge in [0.05, 0.1) is 0 Å². The second-order valence-electron chi connectivity index (χ2n) is 6.12.